The summed E-state index contributed by atoms with van der Waals surface area (Å²) in [6.07, 6.45) is -3.84. The van der Waals surface area contributed by atoms with E-state index in [4.69, 9.17) is 9.84 Å². The third-order valence-corrected chi connectivity index (χ3v) is 2.22. The minimum atomic E-state index is -4.40. The van der Waals surface area contributed by atoms with E-state index in [1.807, 2.05) is 0 Å². The molecule has 1 aromatic carbocycles. The van der Waals surface area contributed by atoms with Crippen LogP contribution in [0.5, 0.6) is 5.75 Å². The van der Waals surface area contributed by atoms with Crippen LogP contribution in [0.3, 0.4) is 0 Å². The third kappa shape index (κ3) is 4.65. The number of hydrogen-bond acceptors (Lipinski definition) is 2. The fourth-order valence-corrected chi connectivity index (χ4v) is 1.39. The van der Waals surface area contributed by atoms with E-state index in [9.17, 15) is 13.2 Å². The van der Waals surface area contributed by atoms with Crippen molar-refractivity contribution in [2.75, 3.05) is 6.61 Å². The van der Waals surface area contributed by atoms with Crippen LogP contribution in [0.2, 0.25) is 0 Å². The summed E-state index contributed by atoms with van der Waals surface area (Å²) in [5.41, 5.74) is -0.767. The van der Waals surface area contributed by atoms with Crippen LogP contribution in [0.1, 0.15) is 25.3 Å². The first-order chi connectivity index (χ1) is 7.91. The van der Waals surface area contributed by atoms with E-state index >= 15 is 0 Å². The van der Waals surface area contributed by atoms with Crippen LogP contribution in [0, 0.1) is 0 Å². The molecular weight excluding hydrogens is 233 g/mol. The van der Waals surface area contributed by atoms with Crippen molar-refractivity contribution in [1.82, 2.24) is 0 Å². The molecule has 0 amide bonds. The van der Waals surface area contributed by atoms with Crippen molar-refractivity contribution in [3.05, 3.63) is 29.8 Å². The maximum absolute atomic E-state index is 12.6. The minimum Gasteiger partial charge on any atom is -0.493 e. The van der Waals surface area contributed by atoms with Crippen molar-refractivity contribution in [2.45, 2.75) is 32.0 Å². The molecule has 0 spiro atoms. The van der Waals surface area contributed by atoms with Gasteiger partial charge in [0.25, 0.3) is 0 Å². The van der Waals surface area contributed by atoms with Crippen LogP contribution in [0.4, 0.5) is 13.2 Å². The highest BCUT2D eigenvalue weighted by atomic mass is 19.4. The van der Waals surface area contributed by atoms with Crippen LogP contribution in [-0.2, 0) is 6.18 Å². The highest BCUT2D eigenvalue weighted by Crippen LogP contribution is 2.35. The lowest BCUT2D eigenvalue weighted by Gasteiger charge is -2.13. The highest BCUT2D eigenvalue weighted by Gasteiger charge is 2.33. The molecule has 1 atom stereocenters. The van der Waals surface area contributed by atoms with Gasteiger partial charge in [0.15, 0.2) is 0 Å². The lowest BCUT2D eigenvalue weighted by Crippen LogP contribution is -2.10. The minimum absolute atomic E-state index is 0.161. The van der Waals surface area contributed by atoms with Crippen molar-refractivity contribution in [1.29, 1.82) is 0 Å². The van der Waals surface area contributed by atoms with Gasteiger partial charge in [-0.3, -0.25) is 0 Å². The molecule has 5 heteroatoms. The second kappa shape index (κ2) is 5.91. The van der Waals surface area contributed by atoms with E-state index in [0.29, 0.717) is 12.8 Å². The topological polar surface area (TPSA) is 29.5 Å². The quantitative estimate of drug-likeness (QED) is 0.810. The Labute approximate surface area is 98.0 Å². The molecule has 1 rings (SSSR count). The van der Waals surface area contributed by atoms with E-state index < -0.39 is 17.8 Å². The van der Waals surface area contributed by atoms with Gasteiger partial charge in [-0.2, -0.15) is 13.2 Å². The largest absolute Gasteiger partial charge is 0.493 e. The molecule has 1 unspecified atom stereocenters. The molecule has 0 aliphatic rings. The molecule has 0 saturated carbocycles. The van der Waals surface area contributed by atoms with E-state index in [0.717, 1.165) is 6.07 Å². The first-order valence-corrected chi connectivity index (χ1v) is 5.38. The Bertz CT molecular complexity index is 348. The van der Waals surface area contributed by atoms with Gasteiger partial charge in [0.2, 0.25) is 0 Å². The van der Waals surface area contributed by atoms with E-state index in [1.165, 1.54) is 18.2 Å². The highest BCUT2D eigenvalue weighted by molar-refractivity contribution is 5.35. The summed E-state index contributed by atoms with van der Waals surface area (Å²) in [4.78, 5) is 0. The number of benzene rings is 1. The lowest BCUT2D eigenvalue weighted by molar-refractivity contribution is -0.139. The van der Waals surface area contributed by atoms with Gasteiger partial charge in [0, 0.05) is 0 Å². The Morgan fingerprint density at radius 3 is 2.53 bits per heavy atom. The fourth-order valence-electron chi connectivity index (χ4n) is 1.39. The summed E-state index contributed by atoms with van der Waals surface area (Å²) in [6.45, 7) is 1.79. The number of para-hydroxylation sites is 1. The molecule has 2 nitrogen and oxygen atoms in total. The molecule has 1 aromatic rings. The summed E-state index contributed by atoms with van der Waals surface area (Å²) < 4.78 is 42.8. The van der Waals surface area contributed by atoms with Gasteiger partial charge in [0.05, 0.1) is 18.3 Å². The standard InChI is InChI=1S/C12H15F3O2/c1-9(16)5-4-8-17-11-7-3-2-6-10(11)12(13,14)15/h2-3,6-7,9,16H,4-5,8H2,1H3. The number of aliphatic hydroxyl groups excluding tert-OH is 1. The van der Waals surface area contributed by atoms with Crippen LogP contribution in [0.15, 0.2) is 24.3 Å². The molecule has 0 bridgehead atoms. The summed E-state index contributed by atoms with van der Waals surface area (Å²) >= 11 is 0. The second-order valence-corrected chi connectivity index (χ2v) is 3.83. The lowest BCUT2D eigenvalue weighted by atomic mass is 10.2. The first kappa shape index (κ1) is 13.8. The van der Waals surface area contributed by atoms with Crippen molar-refractivity contribution < 1.29 is 23.0 Å². The van der Waals surface area contributed by atoms with Crippen LogP contribution in [-0.4, -0.2) is 17.8 Å². The summed E-state index contributed by atoms with van der Waals surface area (Å²) in [7, 11) is 0. The fraction of sp³-hybridized carbons (Fsp3) is 0.500. The maximum Gasteiger partial charge on any atom is 0.419 e. The Morgan fingerprint density at radius 1 is 1.29 bits per heavy atom. The van der Waals surface area contributed by atoms with E-state index in [-0.39, 0.29) is 12.4 Å². The first-order valence-electron chi connectivity index (χ1n) is 5.38. The summed E-state index contributed by atoms with van der Waals surface area (Å²) in [6, 6.07) is 5.11. The van der Waals surface area contributed by atoms with Crippen LogP contribution in [0.25, 0.3) is 0 Å². The normalized spacial score (nSPS) is 13.5. The number of rotatable bonds is 5. The van der Waals surface area contributed by atoms with E-state index in [2.05, 4.69) is 0 Å². The SMILES string of the molecule is CC(O)CCCOc1ccccc1C(F)(F)F. The van der Waals surface area contributed by atoms with Crippen molar-refractivity contribution in [3.8, 4) is 5.75 Å². The number of alkyl halides is 3. The third-order valence-electron chi connectivity index (χ3n) is 2.22. The molecule has 0 fully saturated rings. The summed E-state index contributed by atoms with van der Waals surface area (Å²) in [5.74, 6) is -0.161. The number of halogens is 3. The van der Waals surface area contributed by atoms with Crippen molar-refractivity contribution >= 4 is 0 Å². The van der Waals surface area contributed by atoms with Gasteiger partial charge < -0.3 is 9.84 Å². The average Bonchev–Trinajstić information content (AvgIpc) is 2.23. The van der Waals surface area contributed by atoms with Gasteiger partial charge >= 0.3 is 6.18 Å². The molecule has 17 heavy (non-hydrogen) atoms. The Hall–Kier alpha value is -1.23. The Balaban J connectivity index is 2.59. The van der Waals surface area contributed by atoms with Gasteiger partial charge in [-0.05, 0) is 31.9 Å². The molecule has 0 heterocycles. The molecular formula is C12H15F3O2. The zero-order valence-electron chi connectivity index (χ0n) is 9.50. The van der Waals surface area contributed by atoms with Crippen LogP contribution >= 0.6 is 0 Å². The molecule has 0 aliphatic heterocycles. The predicted molar refractivity (Wildman–Crippen MR) is 57.9 cm³/mol. The predicted octanol–water partition coefficient (Wildman–Crippen LogP) is 3.25. The Morgan fingerprint density at radius 2 is 1.94 bits per heavy atom. The smallest absolute Gasteiger partial charge is 0.419 e. The number of ether oxygens (including phenoxy) is 1. The van der Waals surface area contributed by atoms with Gasteiger partial charge in [-0.15, -0.1) is 0 Å². The van der Waals surface area contributed by atoms with Crippen molar-refractivity contribution in [3.63, 3.8) is 0 Å². The van der Waals surface area contributed by atoms with Crippen LogP contribution < -0.4 is 4.74 Å². The maximum atomic E-state index is 12.6. The molecule has 0 aliphatic carbocycles. The van der Waals surface area contributed by atoms with Gasteiger partial charge in [-0.25, -0.2) is 0 Å². The zero-order valence-corrected chi connectivity index (χ0v) is 9.50. The number of aliphatic hydroxyl groups is 1. The molecule has 96 valence electrons. The summed E-state index contributed by atoms with van der Waals surface area (Å²) in [5, 5.41) is 9.00. The Kier molecular flexibility index (Phi) is 4.81. The van der Waals surface area contributed by atoms with Crippen molar-refractivity contribution in [2.24, 2.45) is 0 Å². The molecule has 1 N–H and O–H groups in total. The van der Waals surface area contributed by atoms with Gasteiger partial charge in [-0.1, -0.05) is 12.1 Å². The van der Waals surface area contributed by atoms with Gasteiger partial charge in [0.1, 0.15) is 5.75 Å². The second-order valence-electron chi connectivity index (χ2n) is 3.83. The number of hydrogen-bond donors (Lipinski definition) is 1. The monoisotopic (exact) mass is 248 g/mol. The zero-order chi connectivity index (χ0) is 12.9. The molecule has 0 saturated heterocycles. The molecule has 0 aromatic heterocycles. The average molecular weight is 248 g/mol. The van der Waals surface area contributed by atoms with E-state index in [1.54, 1.807) is 6.92 Å². The molecule has 0 radical (unpaired) electrons.